The Kier molecular flexibility index (Phi) is 4.57. The molecule has 0 unspecified atom stereocenters. The number of rotatable bonds is 7. The molecule has 1 aliphatic carbocycles. The van der Waals surface area contributed by atoms with E-state index < -0.39 is 0 Å². The molecule has 0 atom stereocenters. The Morgan fingerprint density at radius 2 is 2.17 bits per heavy atom. The van der Waals surface area contributed by atoms with Crippen LogP contribution >= 0.6 is 0 Å². The van der Waals surface area contributed by atoms with Crippen LogP contribution in [0, 0.1) is 0 Å². The van der Waals surface area contributed by atoms with E-state index in [1.54, 1.807) is 23.8 Å². The first-order valence-corrected chi connectivity index (χ1v) is 7.76. The molecule has 1 saturated carbocycles. The number of amides is 2. The number of imidazole rings is 1. The number of carbonyl (C=O) groups is 2. The number of pyridine rings is 1. The Morgan fingerprint density at radius 1 is 1.35 bits per heavy atom. The molecule has 0 aromatic carbocycles. The summed E-state index contributed by atoms with van der Waals surface area (Å²) in [5.74, 6) is -0.281. The maximum atomic E-state index is 12.3. The lowest BCUT2D eigenvalue weighted by Gasteiger charge is -2.02. The van der Waals surface area contributed by atoms with E-state index in [2.05, 4.69) is 15.6 Å². The SMILES string of the molecule is COCCCNC(=O)c1nc(C(=O)NC2CC2)n2ccccc12. The number of hydrogen-bond donors (Lipinski definition) is 2. The minimum atomic E-state index is -0.282. The molecule has 1 fully saturated rings. The Labute approximate surface area is 134 Å². The number of carbonyl (C=O) groups excluding carboxylic acids is 2. The second-order valence-corrected chi connectivity index (χ2v) is 5.59. The van der Waals surface area contributed by atoms with Crippen molar-refractivity contribution in [2.75, 3.05) is 20.3 Å². The largest absolute Gasteiger partial charge is 0.385 e. The Hall–Kier alpha value is -2.41. The van der Waals surface area contributed by atoms with Gasteiger partial charge in [0.25, 0.3) is 11.8 Å². The molecule has 3 rings (SSSR count). The van der Waals surface area contributed by atoms with Crippen molar-refractivity contribution in [1.82, 2.24) is 20.0 Å². The van der Waals surface area contributed by atoms with Crippen molar-refractivity contribution in [2.45, 2.75) is 25.3 Å². The number of nitrogens with one attached hydrogen (secondary N) is 2. The van der Waals surface area contributed by atoms with Gasteiger partial charge in [-0.25, -0.2) is 4.98 Å². The van der Waals surface area contributed by atoms with E-state index in [1.165, 1.54) is 0 Å². The van der Waals surface area contributed by atoms with E-state index >= 15 is 0 Å². The number of ether oxygens (including phenoxy) is 1. The van der Waals surface area contributed by atoms with E-state index in [1.807, 2.05) is 12.1 Å². The van der Waals surface area contributed by atoms with Crippen molar-refractivity contribution in [3.8, 4) is 0 Å². The van der Waals surface area contributed by atoms with Gasteiger partial charge in [0, 0.05) is 32.5 Å². The molecule has 2 N–H and O–H groups in total. The van der Waals surface area contributed by atoms with E-state index in [0.717, 1.165) is 19.3 Å². The Balaban J connectivity index is 1.82. The fourth-order valence-corrected chi connectivity index (χ4v) is 2.34. The van der Waals surface area contributed by atoms with Crippen molar-refractivity contribution >= 4 is 17.3 Å². The van der Waals surface area contributed by atoms with Gasteiger partial charge in [0.2, 0.25) is 5.82 Å². The molecule has 2 heterocycles. The number of aromatic nitrogens is 2. The van der Waals surface area contributed by atoms with Crippen LogP contribution in [0.15, 0.2) is 24.4 Å². The van der Waals surface area contributed by atoms with Crippen LogP contribution in [-0.4, -0.2) is 47.5 Å². The monoisotopic (exact) mass is 316 g/mol. The molecule has 122 valence electrons. The van der Waals surface area contributed by atoms with E-state index in [0.29, 0.717) is 18.7 Å². The average Bonchev–Trinajstić information content (AvgIpc) is 3.28. The number of fused-ring (bicyclic) bond motifs is 1. The molecule has 0 aliphatic heterocycles. The highest BCUT2D eigenvalue weighted by Crippen LogP contribution is 2.20. The molecule has 7 nitrogen and oxygen atoms in total. The Bertz CT molecular complexity index is 721. The molecule has 7 heteroatoms. The lowest BCUT2D eigenvalue weighted by Crippen LogP contribution is -2.28. The first kappa shape index (κ1) is 15.5. The Morgan fingerprint density at radius 3 is 2.91 bits per heavy atom. The highest BCUT2D eigenvalue weighted by molar-refractivity contribution is 6.02. The molecule has 1 aliphatic rings. The van der Waals surface area contributed by atoms with Gasteiger partial charge in [-0.15, -0.1) is 0 Å². The van der Waals surface area contributed by atoms with Crippen molar-refractivity contribution in [3.05, 3.63) is 35.9 Å². The summed E-state index contributed by atoms with van der Waals surface area (Å²) in [7, 11) is 1.62. The van der Waals surface area contributed by atoms with E-state index in [9.17, 15) is 9.59 Å². The lowest BCUT2D eigenvalue weighted by atomic mass is 10.3. The van der Waals surface area contributed by atoms with Gasteiger partial charge in [-0.1, -0.05) is 6.07 Å². The highest BCUT2D eigenvalue weighted by Gasteiger charge is 2.27. The van der Waals surface area contributed by atoms with E-state index in [-0.39, 0.29) is 29.4 Å². The summed E-state index contributed by atoms with van der Waals surface area (Å²) in [6, 6.07) is 5.65. The van der Waals surface area contributed by atoms with Gasteiger partial charge in [-0.3, -0.25) is 14.0 Å². The van der Waals surface area contributed by atoms with Gasteiger partial charge in [0.05, 0.1) is 5.52 Å². The summed E-state index contributed by atoms with van der Waals surface area (Å²) >= 11 is 0. The maximum absolute atomic E-state index is 12.3. The first-order valence-electron chi connectivity index (χ1n) is 7.76. The topological polar surface area (TPSA) is 84.7 Å². The molecule has 0 bridgehead atoms. The second-order valence-electron chi connectivity index (χ2n) is 5.59. The molecule has 23 heavy (non-hydrogen) atoms. The van der Waals surface area contributed by atoms with Crippen molar-refractivity contribution in [3.63, 3.8) is 0 Å². The van der Waals surface area contributed by atoms with Crippen molar-refractivity contribution in [1.29, 1.82) is 0 Å². The van der Waals surface area contributed by atoms with Crippen LogP contribution in [0.5, 0.6) is 0 Å². The van der Waals surface area contributed by atoms with Crippen LogP contribution in [0.25, 0.3) is 5.52 Å². The van der Waals surface area contributed by atoms with Crippen LogP contribution in [0.1, 0.15) is 40.4 Å². The minimum Gasteiger partial charge on any atom is -0.385 e. The average molecular weight is 316 g/mol. The summed E-state index contributed by atoms with van der Waals surface area (Å²) in [5.41, 5.74) is 0.890. The number of methoxy groups -OCH3 is 1. The van der Waals surface area contributed by atoms with Gasteiger partial charge in [-0.05, 0) is 31.4 Å². The molecule has 0 radical (unpaired) electrons. The zero-order chi connectivity index (χ0) is 16.2. The van der Waals surface area contributed by atoms with E-state index in [4.69, 9.17) is 4.74 Å². The number of nitrogens with zero attached hydrogens (tertiary/aromatic N) is 2. The lowest BCUT2D eigenvalue weighted by molar-refractivity contribution is 0.0940. The second kappa shape index (κ2) is 6.78. The molecule has 0 spiro atoms. The molecule has 0 saturated heterocycles. The molecule has 2 amide bonds. The minimum absolute atomic E-state index is 0.241. The van der Waals surface area contributed by atoms with Gasteiger partial charge >= 0.3 is 0 Å². The van der Waals surface area contributed by atoms with Gasteiger partial charge in [-0.2, -0.15) is 0 Å². The molecule has 2 aromatic heterocycles. The standard InChI is InChI=1S/C16H20N4O3/c1-23-10-4-8-17-15(21)13-12-5-2-3-9-20(12)14(19-13)16(22)18-11-6-7-11/h2-3,5,9,11H,4,6-8,10H2,1H3,(H,17,21)(H,18,22). The third-order valence-electron chi connectivity index (χ3n) is 3.69. The van der Waals surface area contributed by atoms with Crippen LogP contribution in [0.3, 0.4) is 0 Å². The molecule has 2 aromatic rings. The fraction of sp³-hybridized carbons (Fsp3) is 0.438. The maximum Gasteiger partial charge on any atom is 0.287 e. The predicted octanol–water partition coefficient (Wildman–Crippen LogP) is 0.993. The zero-order valence-electron chi connectivity index (χ0n) is 13.0. The third-order valence-corrected chi connectivity index (χ3v) is 3.69. The van der Waals surface area contributed by atoms with Crippen molar-refractivity contribution < 1.29 is 14.3 Å². The number of hydrogen-bond acceptors (Lipinski definition) is 4. The first-order chi connectivity index (χ1) is 11.2. The van der Waals surface area contributed by atoms with Gasteiger partial charge in [0.1, 0.15) is 0 Å². The van der Waals surface area contributed by atoms with Crippen LogP contribution in [0.2, 0.25) is 0 Å². The fourth-order valence-electron chi connectivity index (χ4n) is 2.34. The van der Waals surface area contributed by atoms with Crippen molar-refractivity contribution in [2.24, 2.45) is 0 Å². The quantitative estimate of drug-likeness (QED) is 0.746. The van der Waals surface area contributed by atoms with Gasteiger partial charge in [0.15, 0.2) is 5.69 Å². The predicted molar refractivity (Wildman–Crippen MR) is 84.5 cm³/mol. The molecular formula is C16H20N4O3. The smallest absolute Gasteiger partial charge is 0.287 e. The normalized spacial score (nSPS) is 14.0. The summed E-state index contributed by atoms with van der Waals surface area (Å²) in [6.45, 7) is 1.08. The zero-order valence-corrected chi connectivity index (χ0v) is 13.0. The summed E-state index contributed by atoms with van der Waals surface area (Å²) in [4.78, 5) is 28.9. The summed E-state index contributed by atoms with van der Waals surface area (Å²) < 4.78 is 6.61. The van der Waals surface area contributed by atoms with Crippen LogP contribution in [-0.2, 0) is 4.74 Å². The van der Waals surface area contributed by atoms with Crippen LogP contribution in [0.4, 0.5) is 0 Å². The van der Waals surface area contributed by atoms with Crippen LogP contribution < -0.4 is 10.6 Å². The molecular weight excluding hydrogens is 296 g/mol. The highest BCUT2D eigenvalue weighted by atomic mass is 16.5. The summed E-state index contributed by atoms with van der Waals surface area (Å²) in [6.07, 6.45) is 4.47. The third kappa shape index (κ3) is 3.50. The van der Waals surface area contributed by atoms with Gasteiger partial charge < -0.3 is 15.4 Å². The summed E-state index contributed by atoms with van der Waals surface area (Å²) in [5, 5.41) is 5.71.